The van der Waals surface area contributed by atoms with Crippen molar-refractivity contribution in [2.75, 3.05) is 23.7 Å². The van der Waals surface area contributed by atoms with Crippen LogP contribution < -0.4 is 16.0 Å². The number of hydrogen-bond acceptors (Lipinski definition) is 2. The number of urea groups is 1. The van der Waals surface area contributed by atoms with Crippen molar-refractivity contribution in [3.8, 4) is 0 Å². The third-order valence-electron chi connectivity index (χ3n) is 2.31. The van der Waals surface area contributed by atoms with Gasteiger partial charge in [0.05, 0.1) is 11.4 Å². The minimum atomic E-state index is -0.0610. The highest BCUT2D eigenvalue weighted by molar-refractivity contribution is 5.95. The van der Waals surface area contributed by atoms with Crippen LogP contribution in [0.25, 0.3) is 0 Å². The maximum Gasteiger partial charge on any atom is 0.321 e. The number of carbonyl (C=O) groups excluding carboxylic acids is 1. The lowest BCUT2D eigenvalue weighted by Crippen LogP contribution is -2.46. The van der Waals surface area contributed by atoms with E-state index >= 15 is 0 Å². The second-order valence-electron chi connectivity index (χ2n) is 3.30. The number of nitrogens with one attached hydrogen (secondary N) is 1. The summed E-state index contributed by atoms with van der Waals surface area (Å²) in [6, 6.07) is 7.35. The van der Waals surface area contributed by atoms with Crippen molar-refractivity contribution in [3.63, 3.8) is 0 Å². The Balaban J connectivity index is 2.29. The Kier molecular flexibility index (Phi) is 2.26. The van der Waals surface area contributed by atoms with Gasteiger partial charge in [0.2, 0.25) is 0 Å². The minimum absolute atomic E-state index is 0.0610. The second-order valence-corrected chi connectivity index (χ2v) is 3.30. The van der Waals surface area contributed by atoms with E-state index in [-0.39, 0.29) is 6.03 Å². The fourth-order valence-electron chi connectivity index (χ4n) is 1.59. The summed E-state index contributed by atoms with van der Waals surface area (Å²) >= 11 is 0. The lowest BCUT2D eigenvalue weighted by molar-refractivity contribution is 0.243. The van der Waals surface area contributed by atoms with Gasteiger partial charge in [-0.15, -0.1) is 0 Å². The van der Waals surface area contributed by atoms with Gasteiger partial charge >= 0.3 is 6.03 Å². The van der Waals surface area contributed by atoms with Crippen molar-refractivity contribution in [1.82, 2.24) is 5.32 Å². The SMILES string of the molecule is Nc1ccccc1N1CCCNC1=O. The molecule has 1 aliphatic heterocycles. The molecule has 1 aromatic rings. The van der Waals surface area contributed by atoms with Gasteiger partial charge in [-0.3, -0.25) is 4.90 Å². The van der Waals surface area contributed by atoms with Crippen LogP contribution in [0.2, 0.25) is 0 Å². The van der Waals surface area contributed by atoms with Crippen LogP contribution in [0.3, 0.4) is 0 Å². The number of rotatable bonds is 1. The third kappa shape index (κ3) is 1.51. The molecule has 0 saturated carbocycles. The zero-order chi connectivity index (χ0) is 9.97. The largest absolute Gasteiger partial charge is 0.397 e. The summed E-state index contributed by atoms with van der Waals surface area (Å²) < 4.78 is 0. The van der Waals surface area contributed by atoms with Gasteiger partial charge in [0, 0.05) is 13.1 Å². The van der Waals surface area contributed by atoms with E-state index in [0.717, 1.165) is 25.2 Å². The van der Waals surface area contributed by atoms with Crippen molar-refractivity contribution >= 4 is 17.4 Å². The summed E-state index contributed by atoms with van der Waals surface area (Å²) in [5, 5.41) is 2.79. The lowest BCUT2D eigenvalue weighted by Gasteiger charge is -2.28. The van der Waals surface area contributed by atoms with Gasteiger partial charge < -0.3 is 11.1 Å². The van der Waals surface area contributed by atoms with Crippen LogP contribution in [0.4, 0.5) is 16.2 Å². The molecule has 4 nitrogen and oxygen atoms in total. The molecule has 0 aliphatic carbocycles. The molecular weight excluding hydrogens is 178 g/mol. The van der Waals surface area contributed by atoms with Gasteiger partial charge in [0.15, 0.2) is 0 Å². The zero-order valence-corrected chi connectivity index (χ0v) is 7.86. The van der Waals surface area contributed by atoms with Crippen LogP contribution in [0, 0.1) is 0 Å². The molecule has 2 rings (SSSR count). The molecule has 3 N–H and O–H groups in total. The number of anilines is 2. The number of para-hydroxylation sites is 2. The molecule has 0 aromatic heterocycles. The first-order valence-electron chi connectivity index (χ1n) is 4.69. The van der Waals surface area contributed by atoms with Crippen molar-refractivity contribution in [1.29, 1.82) is 0 Å². The number of amides is 2. The second kappa shape index (κ2) is 3.57. The summed E-state index contributed by atoms with van der Waals surface area (Å²) in [4.78, 5) is 13.2. The van der Waals surface area contributed by atoms with E-state index in [1.807, 2.05) is 18.2 Å². The molecule has 1 saturated heterocycles. The van der Waals surface area contributed by atoms with Crippen LogP contribution >= 0.6 is 0 Å². The van der Waals surface area contributed by atoms with E-state index in [2.05, 4.69) is 5.32 Å². The molecule has 0 spiro atoms. The molecule has 2 amide bonds. The topological polar surface area (TPSA) is 58.4 Å². The Bertz CT molecular complexity index is 351. The number of nitrogen functional groups attached to an aromatic ring is 1. The van der Waals surface area contributed by atoms with Crippen LogP contribution in [0.5, 0.6) is 0 Å². The van der Waals surface area contributed by atoms with E-state index in [1.165, 1.54) is 0 Å². The van der Waals surface area contributed by atoms with Crippen LogP contribution in [-0.2, 0) is 0 Å². The highest BCUT2D eigenvalue weighted by Gasteiger charge is 2.20. The number of nitrogens with two attached hydrogens (primary N) is 1. The average Bonchev–Trinajstić information content (AvgIpc) is 2.20. The van der Waals surface area contributed by atoms with Gasteiger partial charge in [-0.2, -0.15) is 0 Å². The van der Waals surface area contributed by atoms with Crippen molar-refractivity contribution in [2.45, 2.75) is 6.42 Å². The summed E-state index contributed by atoms with van der Waals surface area (Å²) in [6.07, 6.45) is 0.958. The van der Waals surface area contributed by atoms with Gasteiger partial charge in [-0.1, -0.05) is 12.1 Å². The fourth-order valence-corrected chi connectivity index (χ4v) is 1.59. The number of nitrogens with zero attached hydrogens (tertiary/aromatic N) is 1. The molecule has 1 aromatic carbocycles. The third-order valence-corrected chi connectivity index (χ3v) is 2.31. The standard InChI is InChI=1S/C10H13N3O/c11-8-4-1-2-5-9(8)13-7-3-6-12-10(13)14/h1-2,4-5H,3,6-7,11H2,(H,12,14). The maximum atomic E-state index is 11.5. The summed E-state index contributed by atoms with van der Waals surface area (Å²) in [6.45, 7) is 1.49. The van der Waals surface area contributed by atoms with Crippen LogP contribution in [-0.4, -0.2) is 19.1 Å². The zero-order valence-electron chi connectivity index (χ0n) is 7.86. The van der Waals surface area contributed by atoms with E-state index in [9.17, 15) is 4.79 Å². The molecule has 0 bridgehead atoms. The Morgan fingerprint density at radius 1 is 1.36 bits per heavy atom. The minimum Gasteiger partial charge on any atom is -0.397 e. The van der Waals surface area contributed by atoms with Gasteiger partial charge in [-0.25, -0.2) is 4.79 Å². The first kappa shape index (κ1) is 8.87. The Morgan fingerprint density at radius 2 is 2.14 bits per heavy atom. The van der Waals surface area contributed by atoms with Gasteiger partial charge in [-0.05, 0) is 18.6 Å². The highest BCUT2D eigenvalue weighted by atomic mass is 16.2. The average molecular weight is 191 g/mol. The Morgan fingerprint density at radius 3 is 2.86 bits per heavy atom. The number of benzene rings is 1. The van der Waals surface area contributed by atoms with Crippen LogP contribution in [0.1, 0.15) is 6.42 Å². The molecule has 14 heavy (non-hydrogen) atoms. The Hall–Kier alpha value is -1.71. The monoisotopic (exact) mass is 191 g/mol. The fraction of sp³-hybridized carbons (Fsp3) is 0.300. The predicted octanol–water partition coefficient (Wildman–Crippen LogP) is 1.19. The van der Waals surface area contributed by atoms with Gasteiger partial charge in [0.1, 0.15) is 0 Å². The number of hydrogen-bond donors (Lipinski definition) is 2. The molecule has 1 fully saturated rings. The summed E-state index contributed by atoms with van der Waals surface area (Å²) in [5.41, 5.74) is 7.23. The molecule has 74 valence electrons. The van der Waals surface area contributed by atoms with E-state index in [1.54, 1.807) is 11.0 Å². The van der Waals surface area contributed by atoms with Gasteiger partial charge in [0.25, 0.3) is 0 Å². The smallest absolute Gasteiger partial charge is 0.321 e. The maximum absolute atomic E-state index is 11.5. The van der Waals surface area contributed by atoms with Crippen LogP contribution in [0.15, 0.2) is 24.3 Å². The molecule has 0 radical (unpaired) electrons. The quantitative estimate of drug-likeness (QED) is 0.655. The summed E-state index contributed by atoms with van der Waals surface area (Å²) in [5.74, 6) is 0. The molecule has 0 atom stereocenters. The Labute approximate surface area is 82.7 Å². The first-order valence-corrected chi connectivity index (χ1v) is 4.69. The predicted molar refractivity (Wildman–Crippen MR) is 56.2 cm³/mol. The molecule has 4 heteroatoms. The molecular formula is C10H13N3O. The van der Waals surface area contributed by atoms with Crippen molar-refractivity contribution in [3.05, 3.63) is 24.3 Å². The highest BCUT2D eigenvalue weighted by Crippen LogP contribution is 2.23. The van der Waals surface area contributed by atoms with E-state index in [0.29, 0.717) is 5.69 Å². The first-order chi connectivity index (χ1) is 6.79. The van der Waals surface area contributed by atoms with E-state index < -0.39 is 0 Å². The van der Waals surface area contributed by atoms with Crippen molar-refractivity contribution < 1.29 is 4.79 Å². The molecule has 1 heterocycles. The normalized spacial score (nSPS) is 16.6. The van der Waals surface area contributed by atoms with E-state index in [4.69, 9.17) is 5.73 Å². The lowest BCUT2D eigenvalue weighted by atomic mass is 10.2. The van der Waals surface area contributed by atoms with Crippen molar-refractivity contribution in [2.24, 2.45) is 0 Å². The molecule has 1 aliphatic rings. The number of carbonyl (C=O) groups is 1. The summed E-state index contributed by atoms with van der Waals surface area (Å²) in [7, 11) is 0. The molecule has 0 unspecified atom stereocenters.